The lowest BCUT2D eigenvalue weighted by Gasteiger charge is -2.12. The molecule has 19 heavy (non-hydrogen) atoms. The van der Waals surface area contributed by atoms with Crippen molar-refractivity contribution in [3.05, 3.63) is 17.5 Å². The summed E-state index contributed by atoms with van der Waals surface area (Å²) in [5, 5.41) is 15.7. The number of carbonyl (C=O) groups is 2. The van der Waals surface area contributed by atoms with Gasteiger partial charge in [-0.3, -0.25) is 14.3 Å². The quantitative estimate of drug-likeness (QED) is 0.818. The van der Waals surface area contributed by atoms with Crippen LogP contribution in [0.15, 0.2) is 6.07 Å². The van der Waals surface area contributed by atoms with Gasteiger partial charge >= 0.3 is 5.97 Å². The van der Waals surface area contributed by atoms with Gasteiger partial charge in [0.05, 0.1) is 5.69 Å². The van der Waals surface area contributed by atoms with Gasteiger partial charge in [0, 0.05) is 19.5 Å². The van der Waals surface area contributed by atoms with E-state index in [2.05, 4.69) is 10.4 Å². The van der Waals surface area contributed by atoms with Crippen molar-refractivity contribution < 1.29 is 14.7 Å². The summed E-state index contributed by atoms with van der Waals surface area (Å²) in [4.78, 5) is 22.5. The van der Waals surface area contributed by atoms with Crippen LogP contribution in [0.4, 0.5) is 0 Å². The van der Waals surface area contributed by atoms with Gasteiger partial charge in [-0.05, 0) is 25.3 Å². The fourth-order valence-electron chi connectivity index (χ4n) is 1.69. The molecule has 1 unspecified atom stereocenters. The minimum Gasteiger partial charge on any atom is -0.481 e. The molecule has 0 aromatic carbocycles. The Morgan fingerprint density at radius 2 is 2.05 bits per heavy atom. The number of aliphatic carboxylic acids is 1. The Balaban J connectivity index is 2.65. The largest absolute Gasteiger partial charge is 0.481 e. The molecule has 1 aromatic rings. The molecule has 0 saturated carbocycles. The van der Waals surface area contributed by atoms with Gasteiger partial charge in [-0.15, -0.1) is 0 Å². The number of amides is 1. The highest BCUT2D eigenvalue weighted by molar-refractivity contribution is 5.92. The first-order chi connectivity index (χ1) is 8.81. The van der Waals surface area contributed by atoms with E-state index in [0.29, 0.717) is 12.1 Å². The highest BCUT2D eigenvalue weighted by Gasteiger charge is 2.17. The predicted octanol–water partition coefficient (Wildman–Crippen LogP) is 1.53. The number of aromatic nitrogens is 2. The Hall–Kier alpha value is -1.85. The number of rotatable bonds is 6. The van der Waals surface area contributed by atoms with Crippen LogP contribution in [-0.2, 0) is 11.8 Å². The first-order valence-corrected chi connectivity index (χ1v) is 6.37. The second kappa shape index (κ2) is 6.36. The first kappa shape index (κ1) is 15.2. The molecule has 0 fully saturated rings. The summed E-state index contributed by atoms with van der Waals surface area (Å²) in [5.41, 5.74) is 1.36. The fraction of sp³-hybridized carbons (Fsp3) is 0.615. The second-order valence-corrected chi connectivity index (χ2v) is 5.04. The van der Waals surface area contributed by atoms with Crippen LogP contribution >= 0.6 is 0 Å². The molecule has 0 bridgehead atoms. The summed E-state index contributed by atoms with van der Waals surface area (Å²) in [6.45, 7) is 5.82. The van der Waals surface area contributed by atoms with E-state index in [1.165, 1.54) is 0 Å². The van der Waals surface area contributed by atoms with E-state index in [9.17, 15) is 9.59 Å². The zero-order valence-corrected chi connectivity index (χ0v) is 11.8. The Bertz CT molecular complexity index is 466. The number of carbonyl (C=O) groups excluding carboxylic acids is 1. The summed E-state index contributed by atoms with van der Waals surface area (Å²) < 4.78 is 1.55. The maximum absolute atomic E-state index is 12.0. The topological polar surface area (TPSA) is 84.2 Å². The summed E-state index contributed by atoms with van der Waals surface area (Å²) >= 11 is 0. The number of carboxylic acids is 1. The van der Waals surface area contributed by atoms with Gasteiger partial charge in [0.2, 0.25) is 0 Å². The van der Waals surface area contributed by atoms with Crippen LogP contribution in [-0.4, -0.2) is 32.8 Å². The van der Waals surface area contributed by atoms with Gasteiger partial charge in [0.1, 0.15) is 5.69 Å². The Labute approximate surface area is 112 Å². The first-order valence-electron chi connectivity index (χ1n) is 6.37. The van der Waals surface area contributed by atoms with Crippen molar-refractivity contribution in [2.45, 2.75) is 45.6 Å². The van der Waals surface area contributed by atoms with Crippen LogP contribution in [0.25, 0.3) is 0 Å². The minimum atomic E-state index is -0.858. The second-order valence-electron chi connectivity index (χ2n) is 5.04. The number of hydrogen-bond donors (Lipinski definition) is 2. The molecule has 1 aromatic heterocycles. The molecule has 6 nitrogen and oxygen atoms in total. The summed E-state index contributed by atoms with van der Waals surface area (Å²) in [7, 11) is 1.72. The van der Waals surface area contributed by atoms with Crippen molar-refractivity contribution >= 4 is 11.9 Å². The molecule has 0 radical (unpaired) electrons. The van der Waals surface area contributed by atoms with E-state index in [4.69, 9.17) is 5.11 Å². The lowest BCUT2D eigenvalue weighted by molar-refractivity contribution is -0.137. The Morgan fingerprint density at radius 1 is 1.42 bits per heavy atom. The van der Waals surface area contributed by atoms with E-state index >= 15 is 0 Å². The number of hydrogen-bond acceptors (Lipinski definition) is 3. The van der Waals surface area contributed by atoms with Gasteiger partial charge in [0.25, 0.3) is 5.91 Å². The zero-order chi connectivity index (χ0) is 14.6. The van der Waals surface area contributed by atoms with E-state index in [0.717, 1.165) is 5.69 Å². The standard InChI is InChI=1S/C13H21N3O3/c1-8(2)10-7-11(16(4)15-10)13(19)14-9(3)5-6-12(17)18/h7-9H,5-6H2,1-4H3,(H,14,19)(H,17,18). The number of carboxylic acid groups (broad SMARTS) is 1. The summed E-state index contributed by atoms with van der Waals surface area (Å²) in [5.74, 6) is -0.819. The molecule has 1 heterocycles. The van der Waals surface area contributed by atoms with Crippen LogP contribution in [0, 0.1) is 0 Å². The van der Waals surface area contributed by atoms with Crippen molar-refractivity contribution in [1.29, 1.82) is 0 Å². The van der Waals surface area contributed by atoms with Gasteiger partial charge in [-0.1, -0.05) is 13.8 Å². The highest BCUT2D eigenvalue weighted by Crippen LogP contribution is 2.13. The minimum absolute atomic E-state index is 0.0457. The van der Waals surface area contributed by atoms with Crippen molar-refractivity contribution in [2.24, 2.45) is 7.05 Å². The van der Waals surface area contributed by atoms with Gasteiger partial charge < -0.3 is 10.4 Å². The van der Waals surface area contributed by atoms with Crippen molar-refractivity contribution in [3.63, 3.8) is 0 Å². The van der Waals surface area contributed by atoms with Crippen LogP contribution in [0.3, 0.4) is 0 Å². The fourth-order valence-corrected chi connectivity index (χ4v) is 1.69. The molecule has 1 atom stereocenters. The zero-order valence-electron chi connectivity index (χ0n) is 11.8. The van der Waals surface area contributed by atoms with Crippen molar-refractivity contribution in [3.8, 4) is 0 Å². The third-order valence-electron chi connectivity index (χ3n) is 2.89. The molecular weight excluding hydrogens is 246 g/mol. The molecule has 0 aliphatic carbocycles. The molecular formula is C13H21N3O3. The van der Waals surface area contributed by atoms with Crippen LogP contribution in [0.2, 0.25) is 0 Å². The Kier molecular flexibility index (Phi) is 5.09. The SMILES string of the molecule is CC(CCC(=O)O)NC(=O)c1cc(C(C)C)nn1C. The molecule has 0 spiro atoms. The van der Waals surface area contributed by atoms with Crippen molar-refractivity contribution in [2.75, 3.05) is 0 Å². The molecule has 0 aliphatic rings. The lowest BCUT2D eigenvalue weighted by Crippen LogP contribution is -2.34. The van der Waals surface area contributed by atoms with Crippen LogP contribution in [0.1, 0.15) is 55.7 Å². The van der Waals surface area contributed by atoms with Gasteiger partial charge in [-0.2, -0.15) is 5.10 Å². The predicted molar refractivity (Wildman–Crippen MR) is 71.1 cm³/mol. The van der Waals surface area contributed by atoms with Gasteiger partial charge in [0.15, 0.2) is 0 Å². The molecule has 106 valence electrons. The van der Waals surface area contributed by atoms with E-state index in [-0.39, 0.29) is 24.3 Å². The van der Waals surface area contributed by atoms with Gasteiger partial charge in [-0.25, -0.2) is 0 Å². The third kappa shape index (κ3) is 4.39. The smallest absolute Gasteiger partial charge is 0.303 e. The van der Waals surface area contributed by atoms with Crippen molar-refractivity contribution in [1.82, 2.24) is 15.1 Å². The molecule has 2 N–H and O–H groups in total. The monoisotopic (exact) mass is 267 g/mol. The lowest BCUT2D eigenvalue weighted by atomic mass is 10.1. The molecule has 1 amide bonds. The number of nitrogens with one attached hydrogen (secondary N) is 1. The normalized spacial score (nSPS) is 12.5. The Morgan fingerprint density at radius 3 is 2.53 bits per heavy atom. The maximum atomic E-state index is 12.0. The number of aryl methyl sites for hydroxylation is 1. The maximum Gasteiger partial charge on any atom is 0.303 e. The summed E-state index contributed by atoms with van der Waals surface area (Å²) in [6, 6.07) is 1.59. The molecule has 6 heteroatoms. The average molecular weight is 267 g/mol. The third-order valence-corrected chi connectivity index (χ3v) is 2.89. The van der Waals surface area contributed by atoms with E-state index < -0.39 is 5.97 Å². The highest BCUT2D eigenvalue weighted by atomic mass is 16.4. The molecule has 0 aliphatic heterocycles. The average Bonchev–Trinajstić information content (AvgIpc) is 2.69. The molecule has 0 saturated heterocycles. The number of nitrogens with zero attached hydrogens (tertiary/aromatic N) is 2. The van der Waals surface area contributed by atoms with E-state index in [1.807, 2.05) is 13.8 Å². The summed E-state index contributed by atoms with van der Waals surface area (Å²) in [6.07, 6.45) is 0.458. The molecule has 1 rings (SSSR count). The van der Waals surface area contributed by atoms with Crippen LogP contribution < -0.4 is 5.32 Å². The van der Waals surface area contributed by atoms with E-state index in [1.54, 1.807) is 24.7 Å². The van der Waals surface area contributed by atoms with Crippen LogP contribution in [0.5, 0.6) is 0 Å².